The largest absolute Gasteiger partial charge is 0.339 e. The van der Waals surface area contributed by atoms with Crippen LogP contribution in [0.1, 0.15) is 24.6 Å². The summed E-state index contributed by atoms with van der Waals surface area (Å²) >= 11 is 1.50. The van der Waals surface area contributed by atoms with E-state index >= 15 is 0 Å². The van der Waals surface area contributed by atoms with Crippen LogP contribution in [0.3, 0.4) is 0 Å². The van der Waals surface area contributed by atoms with Crippen molar-refractivity contribution in [1.29, 1.82) is 0 Å². The van der Waals surface area contributed by atoms with E-state index in [1.54, 1.807) is 6.07 Å². The predicted molar refractivity (Wildman–Crippen MR) is 75.0 cm³/mol. The van der Waals surface area contributed by atoms with Crippen LogP contribution in [0.4, 0.5) is 4.39 Å². The lowest BCUT2D eigenvalue weighted by molar-refractivity contribution is 0.337. The summed E-state index contributed by atoms with van der Waals surface area (Å²) in [6, 6.07) is 6.52. The summed E-state index contributed by atoms with van der Waals surface area (Å²) in [6.45, 7) is 4.05. The van der Waals surface area contributed by atoms with Crippen LogP contribution in [-0.4, -0.2) is 23.2 Å². The van der Waals surface area contributed by atoms with Crippen LogP contribution in [-0.2, 0) is 5.75 Å². The number of hydrogen-bond donors (Lipinski definition) is 1. The third-order valence-corrected chi connectivity index (χ3v) is 4.47. The molecule has 6 heteroatoms. The maximum absolute atomic E-state index is 13.1. The van der Waals surface area contributed by atoms with E-state index < -0.39 is 0 Å². The minimum atomic E-state index is -0.227. The molecule has 1 aliphatic rings. The van der Waals surface area contributed by atoms with Crippen molar-refractivity contribution in [3.63, 3.8) is 0 Å². The second-order valence-corrected chi connectivity index (χ2v) is 6.09. The molecule has 1 fully saturated rings. The monoisotopic (exact) mass is 293 g/mol. The fourth-order valence-electron chi connectivity index (χ4n) is 2.32. The van der Waals surface area contributed by atoms with Crippen LogP contribution in [0.5, 0.6) is 0 Å². The molecule has 0 bridgehead atoms. The highest BCUT2D eigenvalue weighted by atomic mass is 32.2. The molecule has 0 unspecified atom stereocenters. The zero-order chi connectivity index (χ0) is 13.9. The van der Waals surface area contributed by atoms with Crippen molar-refractivity contribution in [1.82, 2.24) is 15.5 Å². The standard InChI is InChI=1S/C14H16FN3OS/c1-9-6-16-7-12(9)14-17-13(18-19-14)8-20-11-4-2-3-10(15)5-11/h2-5,9,12,16H,6-8H2,1H3/t9-,12-/m1/s1. The van der Waals surface area contributed by atoms with Crippen molar-refractivity contribution in [2.45, 2.75) is 23.5 Å². The van der Waals surface area contributed by atoms with Gasteiger partial charge in [-0.1, -0.05) is 18.1 Å². The Kier molecular flexibility index (Phi) is 4.03. The van der Waals surface area contributed by atoms with Gasteiger partial charge >= 0.3 is 0 Å². The molecule has 2 heterocycles. The molecule has 0 radical (unpaired) electrons. The number of benzene rings is 1. The molecule has 0 saturated carbocycles. The summed E-state index contributed by atoms with van der Waals surface area (Å²) < 4.78 is 18.4. The molecular weight excluding hydrogens is 277 g/mol. The highest BCUT2D eigenvalue weighted by Gasteiger charge is 2.29. The minimum Gasteiger partial charge on any atom is -0.339 e. The number of rotatable bonds is 4. The average Bonchev–Trinajstić information content (AvgIpc) is 3.05. The zero-order valence-electron chi connectivity index (χ0n) is 11.2. The second-order valence-electron chi connectivity index (χ2n) is 5.04. The molecule has 2 aromatic rings. The molecule has 0 aliphatic carbocycles. The first-order valence-electron chi connectivity index (χ1n) is 6.64. The lowest BCUT2D eigenvalue weighted by atomic mass is 9.98. The van der Waals surface area contributed by atoms with Gasteiger partial charge in [0.15, 0.2) is 5.82 Å². The molecule has 4 nitrogen and oxygen atoms in total. The lowest BCUT2D eigenvalue weighted by Crippen LogP contribution is -2.08. The third kappa shape index (κ3) is 3.02. The van der Waals surface area contributed by atoms with Gasteiger partial charge in [-0.25, -0.2) is 4.39 Å². The van der Waals surface area contributed by atoms with Crippen LogP contribution < -0.4 is 5.32 Å². The number of thioether (sulfide) groups is 1. The average molecular weight is 293 g/mol. The van der Waals surface area contributed by atoms with Gasteiger partial charge in [0.05, 0.1) is 11.7 Å². The number of nitrogens with one attached hydrogen (secondary N) is 1. The summed E-state index contributed by atoms with van der Waals surface area (Å²) in [5.74, 6) is 2.54. The molecule has 0 amide bonds. The number of halogens is 1. The van der Waals surface area contributed by atoms with Gasteiger partial charge in [-0.15, -0.1) is 11.8 Å². The number of nitrogens with zero attached hydrogens (tertiary/aromatic N) is 2. The van der Waals surface area contributed by atoms with Gasteiger partial charge in [0, 0.05) is 11.4 Å². The number of hydrogen-bond acceptors (Lipinski definition) is 5. The van der Waals surface area contributed by atoms with E-state index in [2.05, 4.69) is 22.4 Å². The molecule has 3 rings (SSSR count). The van der Waals surface area contributed by atoms with E-state index in [0.29, 0.717) is 29.3 Å². The summed E-state index contributed by atoms with van der Waals surface area (Å²) in [4.78, 5) is 5.32. The molecule has 1 aromatic heterocycles. The molecule has 0 spiro atoms. The normalized spacial score (nSPS) is 22.3. The van der Waals surface area contributed by atoms with Crippen molar-refractivity contribution in [3.05, 3.63) is 41.8 Å². The van der Waals surface area contributed by atoms with E-state index in [4.69, 9.17) is 4.52 Å². The quantitative estimate of drug-likeness (QED) is 0.879. The Bertz CT molecular complexity index is 589. The van der Waals surface area contributed by atoms with Crippen LogP contribution in [0.2, 0.25) is 0 Å². The van der Waals surface area contributed by atoms with Crippen molar-refractivity contribution in [2.24, 2.45) is 5.92 Å². The van der Waals surface area contributed by atoms with E-state index in [1.807, 2.05) is 6.07 Å². The summed E-state index contributed by atoms with van der Waals surface area (Å²) in [7, 11) is 0. The van der Waals surface area contributed by atoms with Crippen molar-refractivity contribution in [3.8, 4) is 0 Å². The first-order valence-corrected chi connectivity index (χ1v) is 7.62. The van der Waals surface area contributed by atoms with Gasteiger partial charge in [-0.2, -0.15) is 4.98 Å². The van der Waals surface area contributed by atoms with Crippen LogP contribution in [0, 0.1) is 11.7 Å². The highest BCUT2D eigenvalue weighted by molar-refractivity contribution is 7.98. The van der Waals surface area contributed by atoms with Gasteiger partial charge < -0.3 is 9.84 Å². The maximum atomic E-state index is 13.1. The molecule has 106 valence electrons. The Hall–Kier alpha value is -1.40. The second kappa shape index (κ2) is 5.93. The van der Waals surface area contributed by atoms with Crippen molar-refractivity contribution in [2.75, 3.05) is 13.1 Å². The van der Waals surface area contributed by atoms with Gasteiger partial charge in [0.25, 0.3) is 0 Å². The zero-order valence-corrected chi connectivity index (χ0v) is 12.0. The van der Waals surface area contributed by atoms with E-state index in [9.17, 15) is 4.39 Å². The first kappa shape index (κ1) is 13.6. The molecule has 2 atom stereocenters. The molecule has 1 aromatic carbocycles. The Balaban J connectivity index is 1.63. The Morgan fingerprint density at radius 2 is 2.35 bits per heavy atom. The van der Waals surface area contributed by atoms with Gasteiger partial charge in [0.1, 0.15) is 5.82 Å². The summed E-state index contributed by atoms with van der Waals surface area (Å²) in [5, 5.41) is 7.32. The predicted octanol–water partition coefficient (Wildman–Crippen LogP) is 2.82. The molecule has 1 saturated heterocycles. The fraction of sp³-hybridized carbons (Fsp3) is 0.429. The van der Waals surface area contributed by atoms with E-state index in [1.165, 1.54) is 23.9 Å². The maximum Gasteiger partial charge on any atom is 0.231 e. The van der Waals surface area contributed by atoms with Gasteiger partial charge in [0.2, 0.25) is 5.89 Å². The van der Waals surface area contributed by atoms with Crippen LogP contribution in [0.15, 0.2) is 33.7 Å². The Morgan fingerprint density at radius 3 is 3.10 bits per heavy atom. The van der Waals surface area contributed by atoms with Gasteiger partial charge in [-0.3, -0.25) is 0 Å². The smallest absolute Gasteiger partial charge is 0.231 e. The highest BCUT2D eigenvalue weighted by Crippen LogP contribution is 2.27. The Morgan fingerprint density at radius 1 is 1.45 bits per heavy atom. The third-order valence-electron chi connectivity index (χ3n) is 3.48. The summed E-state index contributed by atoms with van der Waals surface area (Å²) in [6.07, 6.45) is 0. The topological polar surface area (TPSA) is 51.0 Å². The SMILES string of the molecule is C[C@@H]1CNC[C@H]1c1nc(CSc2cccc(F)c2)no1. The number of aromatic nitrogens is 2. The molecule has 1 aliphatic heterocycles. The fourth-order valence-corrected chi connectivity index (χ4v) is 3.11. The summed E-state index contributed by atoms with van der Waals surface area (Å²) in [5.41, 5.74) is 0. The molecular formula is C14H16FN3OS. The van der Waals surface area contributed by atoms with Crippen molar-refractivity contribution < 1.29 is 8.91 Å². The van der Waals surface area contributed by atoms with Crippen LogP contribution >= 0.6 is 11.8 Å². The van der Waals surface area contributed by atoms with Crippen LogP contribution in [0.25, 0.3) is 0 Å². The lowest BCUT2D eigenvalue weighted by Gasteiger charge is -2.07. The minimum absolute atomic E-state index is 0.227. The first-order chi connectivity index (χ1) is 9.72. The van der Waals surface area contributed by atoms with Crippen molar-refractivity contribution >= 4 is 11.8 Å². The van der Waals surface area contributed by atoms with Gasteiger partial charge in [-0.05, 0) is 30.7 Å². The molecule has 1 N–H and O–H groups in total. The Labute approximate surface area is 121 Å². The molecule has 20 heavy (non-hydrogen) atoms. The van der Waals surface area contributed by atoms with E-state index in [-0.39, 0.29) is 5.82 Å². The van der Waals surface area contributed by atoms with E-state index in [0.717, 1.165) is 18.0 Å².